The van der Waals surface area contributed by atoms with Crippen LogP contribution in [0.3, 0.4) is 0 Å². The van der Waals surface area contributed by atoms with E-state index in [9.17, 15) is 14.8 Å². The highest BCUT2D eigenvalue weighted by molar-refractivity contribution is 6.09. The molecule has 0 fully saturated rings. The van der Waals surface area contributed by atoms with Crippen molar-refractivity contribution in [2.45, 2.75) is 6.42 Å². The monoisotopic (exact) mass is 243 g/mol. The fourth-order valence-electron chi connectivity index (χ4n) is 1.99. The standard InChI is InChI=1S/C13H9NO4/c15-12-7-8-3-4-9(11-2-1-5-18-11)6-10(8)13(16)14(12)17/h1-6,17H,7H2. The first kappa shape index (κ1) is 10.7. The lowest BCUT2D eigenvalue weighted by Gasteiger charge is -2.21. The Bertz CT molecular complexity index is 630. The number of fused-ring (bicyclic) bond motifs is 1. The molecular weight excluding hydrogens is 234 g/mol. The molecule has 0 spiro atoms. The van der Waals surface area contributed by atoms with E-state index in [1.807, 2.05) is 0 Å². The van der Waals surface area contributed by atoms with Crippen molar-refractivity contribution in [2.75, 3.05) is 0 Å². The molecule has 0 atom stereocenters. The molecule has 0 unspecified atom stereocenters. The van der Waals surface area contributed by atoms with Crippen LogP contribution >= 0.6 is 0 Å². The Hall–Kier alpha value is -2.40. The van der Waals surface area contributed by atoms with Gasteiger partial charge in [-0.25, -0.2) is 0 Å². The maximum Gasteiger partial charge on any atom is 0.284 e. The Labute approximate surface area is 102 Å². The Morgan fingerprint density at radius 2 is 2.06 bits per heavy atom. The van der Waals surface area contributed by atoms with Crippen molar-refractivity contribution >= 4 is 11.8 Å². The average molecular weight is 243 g/mol. The molecule has 0 aliphatic carbocycles. The second-order valence-corrected chi connectivity index (χ2v) is 4.04. The van der Waals surface area contributed by atoms with E-state index in [0.29, 0.717) is 16.9 Å². The SMILES string of the molecule is O=C1Cc2ccc(-c3ccco3)cc2C(=O)N1O. The van der Waals surface area contributed by atoms with Crippen LogP contribution in [0.15, 0.2) is 41.0 Å². The van der Waals surface area contributed by atoms with Crippen molar-refractivity contribution in [3.05, 3.63) is 47.7 Å². The first-order valence-corrected chi connectivity index (χ1v) is 5.40. The van der Waals surface area contributed by atoms with Gasteiger partial charge in [0.25, 0.3) is 11.8 Å². The van der Waals surface area contributed by atoms with Gasteiger partial charge >= 0.3 is 0 Å². The number of benzene rings is 1. The van der Waals surface area contributed by atoms with Crippen molar-refractivity contribution in [1.82, 2.24) is 5.06 Å². The van der Waals surface area contributed by atoms with E-state index < -0.39 is 11.8 Å². The normalized spacial score (nSPS) is 14.8. The Kier molecular flexibility index (Phi) is 2.28. The first-order chi connectivity index (χ1) is 8.66. The molecule has 1 aromatic heterocycles. The van der Waals surface area contributed by atoms with E-state index in [0.717, 1.165) is 5.56 Å². The fourth-order valence-corrected chi connectivity index (χ4v) is 1.99. The zero-order valence-corrected chi connectivity index (χ0v) is 9.29. The van der Waals surface area contributed by atoms with Crippen LogP contribution in [-0.4, -0.2) is 22.1 Å². The molecule has 5 nitrogen and oxygen atoms in total. The van der Waals surface area contributed by atoms with Gasteiger partial charge in [0.05, 0.1) is 12.7 Å². The van der Waals surface area contributed by atoms with E-state index in [1.54, 1.807) is 36.6 Å². The summed E-state index contributed by atoms with van der Waals surface area (Å²) in [5.41, 5.74) is 1.67. The second kappa shape index (κ2) is 3.82. The molecule has 5 heteroatoms. The maximum absolute atomic E-state index is 11.8. The molecule has 1 N–H and O–H groups in total. The summed E-state index contributed by atoms with van der Waals surface area (Å²) in [7, 11) is 0. The predicted molar refractivity (Wildman–Crippen MR) is 60.8 cm³/mol. The minimum Gasteiger partial charge on any atom is -0.464 e. The van der Waals surface area contributed by atoms with Gasteiger partial charge in [-0.1, -0.05) is 12.1 Å². The summed E-state index contributed by atoms with van der Waals surface area (Å²) in [5, 5.41) is 9.49. The van der Waals surface area contributed by atoms with Crippen LogP contribution in [-0.2, 0) is 11.2 Å². The summed E-state index contributed by atoms with van der Waals surface area (Å²) >= 11 is 0. The van der Waals surface area contributed by atoms with Gasteiger partial charge in [-0.15, -0.1) is 0 Å². The highest BCUT2D eigenvalue weighted by atomic mass is 16.5. The summed E-state index contributed by atoms with van der Waals surface area (Å²) in [6, 6.07) is 8.63. The number of amides is 2. The summed E-state index contributed by atoms with van der Waals surface area (Å²) in [6.45, 7) is 0. The summed E-state index contributed by atoms with van der Waals surface area (Å²) in [6.07, 6.45) is 1.56. The minimum atomic E-state index is -0.699. The van der Waals surface area contributed by atoms with Crippen molar-refractivity contribution in [3.63, 3.8) is 0 Å². The number of carbonyl (C=O) groups excluding carboxylic acids is 2. The maximum atomic E-state index is 11.8. The Morgan fingerprint density at radius 3 is 2.78 bits per heavy atom. The zero-order chi connectivity index (χ0) is 12.7. The number of rotatable bonds is 1. The van der Waals surface area contributed by atoms with Crippen LogP contribution in [0, 0.1) is 0 Å². The molecule has 18 heavy (non-hydrogen) atoms. The number of furan rings is 1. The lowest BCUT2D eigenvalue weighted by Crippen LogP contribution is -2.39. The van der Waals surface area contributed by atoms with Gasteiger partial charge in [-0.05, 0) is 23.8 Å². The Morgan fingerprint density at radius 1 is 1.22 bits per heavy atom. The third-order valence-electron chi connectivity index (χ3n) is 2.92. The van der Waals surface area contributed by atoms with E-state index in [-0.39, 0.29) is 11.5 Å². The lowest BCUT2D eigenvalue weighted by atomic mass is 9.96. The van der Waals surface area contributed by atoms with Crippen molar-refractivity contribution < 1.29 is 19.2 Å². The van der Waals surface area contributed by atoms with Crippen LogP contribution < -0.4 is 0 Å². The molecule has 1 aromatic carbocycles. The smallest absolute Gasteiger partial charge is 0.284 e. The zero-order valence-electron chi connectivity index (χ0n) is 9.29. The van der Waals surface area contributed by atoms with Crippen LogP contribution in [0.1, 0.15) is 15.9 Å². The van der Waals surface area contributed by atoms with Gasteiger partial charge in [-0.2, -0.15) is 5.06 Å². The third-order valence-corrected chi connectivity index (χ3v) is 2.92. The summed E-state index contributed by atoms with van der Waals surface area (Å²) in [5.74, 6) is -0.681. The van der Waals surface area contributed by atoms with E-state index in [4.69, 9.17) is 4.42 Å². The molecule has 90 valence electrons. The van der Waals surface area contributed by atoms with Crippen molar-refractivity contribution in [2.24, 2.45) is 0 Å². The van der Waals surface area contributed by atoms with Crippen LogP contribution in [0.25, 0.3) is 11.3 Å². The molecule has 2 heterocycles. The molecular formula is C13H9NO4. The number of hydroxylamine groups is 2. The van der Waals surface area contributed by atoms with Gasteiger partial charge in [0.1, 0.15) is 5.76 Å². The predicted octanol–water partition coefficient (Wildman–Crippen LogP) is 1.86. The molecule has 3 rings (SSSR count). The largest absolute Gasteiger partial charge is 0.464 e. The molecule has 2 aromatic rings. The molecule has 0 bridgehead atoms. The van der Waals surface area contributed by atoms with Gasteiger partial charge in [0.2, 0.25) is 0 Å². The first-order valence-electron chi connectivity index (χ1n) is 5.40. The molecule has 1 aliphatic rings. The quantitative estimate of drug-likeness (QED) is 0.613. The molecule has 1 aliphatic heterocycles. The topological polar surface area (TPSA) is 70.8 Å². The molecule has 2 amide bonds. The number of imide groups is 1. The Balaban J connectivity index is 2.11. The van der Waals surface area contributed by atoms with E-state index >= 15 is 0 Å². The van der Waals surface area contributed by atoms with Gasteiger partial charge in [0.15, 0.2) is 0 Å². The van der Waals surface area contributed by atoms with E-state index in [1.165, 1.54) is 0 Å². The highest BCUT2D eigenvalue weighted by Gasteiger charge is 2.30. The van der Waals surface area contributed by atoms with Crippen LogP contribution in [0.5, 0.6) is 0 Å². The average Bonchev–Trinajstić information content (AvgIpc) is 2.90. The number of nitrogens with zero attached hydrogens (tertiary/aromatic N) is 1. The van der Waals surface area contributed by atoms with Gasteiger partial charge in [0, 0.05) is 11.1 Å². The van der Waals surface area contributed by atoms with Gasteiger partial charge in [-0.3, -0.25) is 14.8 Å². The highest BCUT2D eigenvalue weighted by Crippen LogP contribution is 2.26. The summed E-state index contributed by atoms with van der Waals surface area (Å²) < 4.78 is 5.24. The fraction of sp³-hybridized carbons (Fsp3) is 0.0769. The lowest BCUT2D eigenvalue weighted by molar-refractivity contribution is -0.153. The van der Waals surface area contributed by atoms with Crippen LogP contribution in [0.4, 0.5) is 0 Å². The van der Waals surface area contributed by atoms with E-state index in [2.05, 4.69) is 0 Å². The number of carbonyl (C=O) groups is 2. The second-order valence-electron chi connectivity index (χ2n) is 4.04. The third kappa shape index (κ3) is 1.53. The molecule has 0 saturated carbocycles. The van der Waals surface area contributed by atoms with Crippen molar-refractivity contribution in [1.29, 1.82) is 0 Å². The minimum absolute atomic E-state index is 0.0238. The van der Waals surface area contributed by atoms with Gasteiger partial charge < -0.3 is 4.42 Å². The van der Waals surface area contributed by atoms with Crippen molar-refractivity contribution in [3.8, 4) is 11.3 Å². The number of hydrogen-bond donors (Lipinski definition) is 1. The van der Waals surface area contributed by atoms with Crippen LogP contribution in [0.2, 0.25) is 0 Å². The summed E-state index contributed by atoms with van der Waals surface area (Å²) in [4.78, 5) is 23.1. The number of hydrogen-bond acceptors (Lipinski definition) is 4. The molecule has 0 radical (unpaired) electrons. The molecule has 0 saturated heterocycles.